The van der Waals surface area contributed by atoms with E-state index in [9.17, 15) is 19.2 Å². The third-order valence-electron chi connectivity index (χ3n) is 6.02. The fourth-order valence-electron chi connectivity index (χ4n) is 4.30. The highest BCUT2D eigenvalue weighted by molar-refractivity contribution is 6.31. The lowest BCUT2D eigenvalue weighted by atomic mass is 9.80. The number of carbonyl (C=O) groups is 4. The number of amides is 3. The molecule has 1 aliphatic carbocycles. The fourth-order valence-corrected chi connectivity index (χ4v) is 5.06. The van der Waals surface area contributed by atoms with Crippen LogP contribution in [0.3, 0.4) is 0 Å². The van der Waals surface area contributed by atoms with Gasteiger partial charge in [-0.15, -0.1) is 23.2 Å². The van der Waals surface area contributed by atoms with Gasteiger partial charge in [0.2, 0.25) is 11.8 Å². The molecule has 2 aliphatic rings. The number of imide groups is 1. The van der Waals surface area contributed by atoms with Crippen LogP contribution in [0.4, 0.5) is 11.4 Å². The molecular weight excluding hydrogens is 519 g/mol. The predicted molar refractivity (Wildman–Crippen MR) is 131 cm³/mol. The first-order valence-electron chi connectivity index (χ1n) is 10.8. The number of methoxy groups -OCH3 is 1. The maximum atomic E-state index is 13.0. The van der Waals surface area contributed by atoms with E-state index in [0.29, 0.717) is 29.3 Å². The summed E-state index contributed by atoms with van der Waals surface area (Å²) in [7, 11) is 1.44. The topological polar surface area (TPSA) is 102 Å². The Bertz CT molecular complexity index is 1160. The first-order chi connectivity index (χ1) is 16.7. The third-order valence-corrected chi connectivity index (χ3v) is 7.35. The Balaban J connectivity index is 1.42. The summed E-state index contributed by atoms with van der Waals surface area (Å²) in [6.07, 6.45) is 0.630. The number of alkyl halides is 2. The van der Waals surface area contributed by atoms with E-state index in [4.69, 9.17) is 44.3 Å². The maximum absolute atomic E-state index is 13.0. The van der Waals surface area contributed by atoms with Gasteiger partial charge < -0.3 is 14.8 Å². The van der Waals surface area contributed by atoms with Gasteiger partial charge in [-0.3, -0.25) is 19.3 Å². The molecule has 2 aromatic carbocycles. The van der Waals surface area contributed by atoms with Gasteiger partial charge >= 0.3 is 5.97 Å². The second kappa shape index (κ2) is 10.4. The molecule has 0 aromatic heterocycles. The van der Waals surface area contributed by atoms with E-state index in [0.717, 1.165) is 4.90 Å². The van der Waals surface area contributed by atoms with Crippen molar-refractivity contribution in [2.24, 2.45) is 11.8 Å². The van der Waals surface area contributed by atoms with Crippen LogP contribution in [-0.4, -0.2) is 48.2 Å². The molecule has 1 aliphatic heterocycles. The van der Waals surface area contributed by atoms with Gasteiger partial charge in [0.05, 0.1) is 46.6 Å². The summed E-state index contributed by atoms with van der Waals surface area (Å²) in [5, 5.41) is 2.17. The highest BCUT2D eigenvalue weighted by atomic mass is 35.5. The first kappa shape index (κ1) is 25.3. The van der Waals surface area contributed by atoms with Crippen molar-refractivity contribution < 1.29 is 28.7 Å². The molecule has 0 bridgehead atoms. The van der Waals surface area contributed by atoms with Gasteiger partial charge in [-0.1, -0.05) is 17.7 Å². The molecule has 3 amide bonds. The number of rotatable bonds is 6. The van der Waals surface area contributed by atoms with Gasteiger partial charge in [-0.05, 0) is 49.2 Å². The molecule has 2 aromatic rings. The number of fused-ring (bicyclic) bond motifs is 1. The minimum atomic E-state index is -0.793. The average molecular weight is 540 g/mol. The Labute approximate surface area is 216 Å². The molecule has 1 saturated carbocycles. The summed E-state index contributed by atoms with van der Waals surface area (Å²) in [6.45, 7) is -0.571. The van der Waals surface area contributed by atoms with Crippen molar-refractivity contribution in [3.8, 4) is 5.75 Å². The lowest BCUT2D eigenvalue weighted by Crippen LogP contribution is -2.34. The van der Waals surface area contributed by atoms with E-state index in [1.165, 1.54) is 31.4 Å². The second-order valence-electron chi connectivity index (χ2n) is 8.25. The molecule has 1 saturated heterocycles. The van der Waals surface area contributed by atoms with Crippen LogP contribution in [0.25, 0.3) is 0 Å². The maximum Gasteiger partial charge on any atom is 0.338 e. The second-order valence-corrected chi connectivity index (χ2v) is 9.81. The Morgan fingerprint density at radius 1 is 1.03 bits per heavy atom. The van der Waals surface area contributed by atoms with Gasteiger partial charge in [0.25, 0.3) is 5.91 Å². The van der Waals surface area contributed by atoms with Crippen LogP contribution in [0.5, 0.6) is 5.75 Å². The van der Waals surface area contributed by atoms with Crippen LogP contribution in [0.15, 0.2) is 42.5 Å². The van der Waals surface area contributed by atoms with E-state index < -0.39 is 41.1 Å². The summed E-state index contributed by atoms with van der Waals surface area (Å²) in [4.78, 5) is 51.9. The molecule has 0 spiro atoms. The molecule has 2 fully saturated rings. The minimum absolute atomic E-state index is 0.0801. The molecule has 4 rings (SSSR count). The van der Waals surface area contributed by atoms with Crippen LogP contribution in [0, 0.1) is 11.8 Å². The molecular formula is C24H21Cl3N2O6. The smallest absolute Gasteiger partial charge is 0.338 e. The number of hydrogen-bond acceptors (Lipinski definition) is 6. The van der Waals surface area contributed by atoms with Crippen LogP contribution < -0.4 is 15.0 Å². The molecule has 4 atom stereocenters. The van der Waals surface area contributed by atoms with Gasteiger partial charge in [0, 0.05) is 5.02 Å². The standard InChI is InChI=1S/C24H21Cl3N2O6/c1-34-20-6-5-13(25)8-19(20)28-21(30)11-35-24(33)12-3-2-4-14(7-12)29-22(31)15-9-17(26)18(27)10-16(15)23(29)32/h2-8,15-18H,9-11H2,1H3,(H,28,30)/t15-,16+,17-,18-/m0/s1. The van der Waals surface area contributed by atoms with Crippen LogP contribution in [0.2, 0.25) is 5.02 Å². The number of hydrogen-bond donors (Lipinski definition) is 1. The number of halogens is 3. The number of nitrogens with zero attached hydrogens (tertiary/aromatic N) is 1. The van der Waals surface area contributed by atoms with Crippen LogP contribution in [-0.2, 0) is 19.1 Å². The Morgan fingerprint density at radius 2 is 1.69 bits per heavy atom. The number of esters is 1. The van der Waals surface area contributed by atoms with Gasteiger partial charge in [0.1, 0.15) is 5.75 Å². The number of carbonyl (C=O) groups excluding carboxylic acids is 4. The van der Waals surface area contributed by atoms with Crippen molar-refractivity contribution in [3.05, 3.63) is 53.1 Å². The van der Waals surface area contributed by atoms with Gasteiger partial charge in [-0.2, -0.15) is 0 Å². The summed E-state index contributed by atoms with van der Waals surface area (Å²) in [6, 6.07) is 10.6. The zero-order valence-electron chi connectivity index (χ0n) is 18.5. The molecule has 35 heavy (non-hydrogen) atoms. The van der Waals surface area contributed by atoms with Crippen molar-refractivity contribution in [1.29, 1.82) is 0 Å². The number of benzene rings is 2. The number of anilines is 2. The Kier molecular flexibility index (Phi) is 7.54. The Morgan fingerprint density at radius 3 is 2.31 bits per heavy atom. The summed E-state index contributed by atoms with van der Waals surface area (Å²) >= 11 is 18.4. The summed E-state index contributed by atoms with van der Waals surface area (Å²) in [5.41, 5.74) is 0.652. The van der Waals surface area contributed by atoms with Gasteiger partial charge in [-0.25, -0.2) is 4.79 Å². The van der Waals surface area contributed by atoms with E-state index >= 15 is 0 Å². The average Bonchev–Trinajstić information content (AvgIpc) is 3.07. The minimum Gasteiger partial charge on any atom is -0.495 e. The van der Waals surface area contributed by atoms with E-state index in [1.54, 1.807) is 18.2 Å². The monoisotopic (exact) mass is 538 g/mol. The zero-order chi connectivity index (χ0) is 25.3. The molecule has 1 heterocycles. The van der Waals surface area contributed by atoms with Crippen molar-refractivity contribution in [2.75, 3.05) is 23.9 Å². The van der Waals surface area contributed by atoms with E-state index in [2.05, 4.69) is 5.32 Å². The summed E-state index contributed by atoms with van der Waals surface area (Å²) < 4.78 is 10.3. The van der Waals surface area contributed by atoms with Crippen molar-refractivity contribution >= 4 is 69.9 Å². The van der Waals surface area contributed by atoms with Crippen molar-refractivity contribution in [1.82, 2.24) is 0 Å². The Hall–Kier alpha value is -2.81. The van der Waals surface area contributed by atoms with E-state index in [-0.39, 0.29) is 23.1 Å². The fraction of sp³-hybridized carbons (Fsp3) is 0.333. The highest BCUT2D eigenvalue weighted by Gasteiger charge is 2.52. The molecule has 0 radical (unpaired) electrons. The van der Waals surface area contributed by atoms with Gasteiger partial charge in [0.15, 0.2) is 6.61 Å². The molecule has 11 heteroatoms. The zero-order valence-corrected chi connectivity index (χ0v) is 20.8. The molecule has 0 unspecified atom stereocenters. The quantitative estimate of drug-likeness (QED) is 0.334. The highest BCUT2D eigenvalue weighted by Crippen LogP contribution is 2.43. The number of nitrogens with one attached hydrogen (secondary N) is 1. The van der Waals surface area contributed by atoms with E-state index in [1.807, 2.05) is 0 Å². The molecule has 184 valence electrons. The number of ether oxygens (including phenoxy) is 2. The predicted octanol–water partition coefficient (Wildman–Crippen LogP) is 4.26. The molecule has 1 N–H and O–H groups in total. The third kappa shape index (κ3) is 5.24. The van der Waals surface area contributed by atoms with Crippen LogP contribution in [0.1, 0.15) is 23.2 Å². The normalized spacial score (nSPS) is 23.6. The van der Waals surface area contributed by atoms with Crippen LogP contribution >= 0.6 is 34.8 Å². The lowest BCUT2D eigenvalue weighted by molar-refractivity contribution is -0.122. The van der Waals surface area contributed by atoms with Crippen molar-refractivity contribution in [2.45, 2.75) is 23.6 Å². The molecule has 8 nitrogen and oxygen atoms in total. The SMILES string of the molecule is COc1ccc(Cl)cc1NC(=O)COC(=O)c1cccc(N2C(=O)[C@H]3C[C@H](Cl)[C@@H](Cl)C[C@H]3C2=O)c1. The first-order valence-corrected chi connectivity index (χ1v) is 12.0. The lowest BCUT2D eigenvalue weighted by Gasteiger charge is -2.28. The largest absolute Gasteiger partial charge is 0.495 e. The summed E-state index contributed by atoms with van der Waals surface area (Å²) in [5.74, 6) is -2.81. The van der Waals surface area contributed by atoms with Crippen molar-refractivity contribution in [3.63, 3.8) is 0 Å².